The molecule has 1 heterocycles. The standard InChI is InChI=1S/C22H25Cl2NO3/c1-3-11-25-16(13-21(26)27-4-2)14-28-22(17-7-5-6-8-19(17)24)18-12-15(23)9-10-20(18)25/h5-10,12,16,22H,3-4,11,13-14H2,1-2H3. The molecule has 0 spiro atoms. The van der Waals surface area contributed by atoms with E-state index >= 15 is 0 Å². The first-order valence-corrected chi connectivity index (χ1v) is 10.4. The molecule has 0 saturated carbocycles. The quantitative estimate of drug-likeness (QED) is 0.564. The number of hydrogen-bond donors (Lipinski definition) is 0. The monoisotopic (exact) mass is 421 g/mol. The summed E-state index contributed by atoms with van der Waals surface area (Å²) in [7, 11) is 0. The van der Waals surface area contributed by atoms with E-state index in [9.17, 15) is 4.79 Å². The number of nitrogens with zero attached hydrogens (tertiary/aromatic N) is 1. The number of carbonyl (C=O) groups is 1. The fourth-order valence-corrected chi connectivity index (χ4v) is 4.07. The van der Waals surface area contributed by atoms with Crippen molar-refractivity contribution < 1.29 is 14.3 Å². The Bertz CT molecular complexity index is 827. The second-order valence-electron chi connectivity index (χ2n) is 6.79. The molecule has 0 radical (unpaired) electrons. The maximum absolute atomic E-state index is 12.2. The maximum atomic E-state index is 12.2. The lowest BCUT2D eigenvalue weighted by atomic mass is 9.99. The molecule has 4 nitrogen and oxygen atoms in total. The van der Waals surface area contributed by atoms with Crippen LogP contribution in [-0.4, -0.2) is 31.8 Å². The molecule has 2 unspecified atom stereocenters. The molecule has 0 aliphatic carbocycles. The summed E-state index contributed by atoms with van der Waals surface area (Å²) in [5.41, 5.74) is 2.87. The van der Waals surface area contributed by atoms with E-state index in [1.165, 1.54) is 0 Å². The molecule has 28 heavy (non-hydrogen) atoms. The van der Waals surface area contributed by atoms with Crippen LogP contribution >= 0.6 is 23.2 Å². The van der Waals surface area contributed by atoms with Crippen LogP contribution in [0.4, 0.5) is 5.69 Å². The molecule has 1 aliphatic heterocycles. The minimum atomic E-state index is -0.353. The molecule has 0 N–H and O–H groups in total. The number of hydrogen-bond acceptors (Lipinski definition) is 4. The van der Waals surface area contributed by atoms with Gasteiger partial charge >= 0.3 is 5.97 Å². The smallest absolute Gasteiger partial charge is 0.307 e. The van der Waals surface area contributed by atoms with Gasteiger partial charge in [0.05, 0.1) is 25.7 Å². The van der Waals surface area contributed by atoms with Crippen molar-refractivity contribution in [3.8, 4) is 0 Å². The van der Waals surface area contributed by atoms with Crippen molar-refractivity contribution >= 4 is 34.9 Å². The Balaban J connectivity index is 2.06. The Morgan fingerprint density at radius 3 is 2.68 bits per heavy atom. The molecule has 0 aromatic heterocycles. The molecule has 6 heteroatoms. The molecule has 2 aromatic carbocycles. The fraction of sp³-hybridized carbons (Fsp3) is 0.409. The molecule has 0 saturated heterocycles. The minimum Gasteiger partial charge on any atom is -0.466 e. The SMILES string of the molecule is CCCN1c2ccc(Cl)cc2C(c2ccccc2Cl)OCC1CC(=O)OCC. The number of carbonyl (C=O) groups excluding carboxylic acids is 1. The highest BCUT2D eigenvalue weighted by Crippen LogP contribution is 2.41. The predicted octanol–water partition coefficient (Wildman–Crippen LogP) is 5.65. The molecule has 150 valence electrons. The normalized spacial score (nSPS) is 19.1. The summed E-state index contributed by atoms with van der Waals surface area (Å²) < 4.78 is 11.5. The van der Waals surface area contributed by atoms with Crippen molar-refractivity contribution in [3.05, 3.63) is 63.6 Å². The summed E-state index contributed by atoms with van der Waals surface area (Å²) >= 11 is 12.8. The highest BCUT2D eigenvalue weighted by Gasteiger charge is 2.32. The molecule has 2 aromatic rings. The van der Waals surface area contributed by atoms with E-state index in [4.69, 9.17) is 32.7 Å². The molecule has 1 aliphatic rings. The Hall–Kier alpha value is -1.75. The van der Waals surface area contributed by atoms with E-state index in [1.54, 1.807) is 0 Å². The summed E-state index contributed by atoms with van der Waals surface area (Å²) in [4.78, 5) is 14.4. The van der Waals surface area contributed by atoms with Gasteiger partial charge in [-0.1, -0.05) is 48.3 Å². The third-order valence-electron chi connectivity index (χ3n) is 4.84. The van der Waals surface area contributed by atoms with Gasteiger partial charge in [-0.15, -0.1) is 0 Å². The van der Waals surface area contributed by atoms with E-state index in [-0.39, 0.29) is 24.5 Å². The summed E-state index contributed by atoms with van der Waals surface area (Å²) in [6.07, 6.45) is 0.859. The van der Waals surface area contributed by atoms with Gasteiger partial charge in [-0.25, -0.2) is 0 Å². The lowest BCUT2D eigenvalue weighted by Crippen LogP contribution is -2.40. The van der Waals surface area contributed by atoms with E-state index in [1.807, 2.05) is 49.4 Å². The van der Waals surface area contributed by atoms with Crippen molar-refractivity contribution in [2.45, 2.75) is 38.8 Å². The lowest BCUT2D eigenvalue weighted by molar-refractivity contribution is -0.143. The van der Waals surface area contributed by atoms with Crippen LogP contribution in [0.1, 0.15) is 43.9 Å². The Labute approximate surface area is 176 Å². The van der Waals surface area contributed by atoms with Gasteiger partial charge in [-0.3, -0.25) is 4.79 Å². The summed E-state index contributed by atoms with van der Waals surface area (Å²) in [6, 6.07) is 13.4. The van der Waals surface area contributed by atoms with Crippen LogP contribution in [0.25, 0.3) is 0 Å². The number of esters is 1. The highest BCUT2D eigenvalue weighted by atomic mass is 35.5. The second kappa shape index (κ2) is 9.64. The first-order chi connectivity index (χ1) is 13.5. The molecular weight excluding hydrogens is 397 g/mol. The van der Waals surface area contributed by atoms with E-state index in [0.717, 1.165) is 29.8 Å². The Morgan fingerprint density at radius 1 is 1.18 bits per heavy atom. The fourth-order valence-electron chi connectivity index (χ4n) is 3.65. The van der Waals surface area contributed by atoms with Crippen molar-refractivity contribution in [2.24, 2.45) is 0 Å². The van der Waals surface area contributed by atoms with Crippen molar-refractivity contribution in [3.63, 3.8) is 0 Å². The summed E-state index contributed by atoms with van der Waals surface area (Å²) in [6.45, 7) is 5.50. The Kier molecular flexibility index (Phi) is 7.22. The van der Waals surface area contributed by atoms with Crippen LogP contribution in [0.2, 0.25) is 10.0 Å². The van der Waals surface area contributed by atoms with Crippen LogP contribution in [0.15, 0.2) is 42.5 Å². The summed E-state index contributed by atoms with van der Waals surface area (Å²) in [5.74, 6) is -0.219. The minimum absolute atomic E-state index is 0.119. The molecule has 0 bridgehead atoms. The Morgan fingerprint density at radius 2 is 1.96 bits per heavy atom. The van der Waals surface area contributed by atoms with Crippen LogP contribution in [-0.2, 0) is 14.3 Å². The van der Waals surface area contributed by atoms with E-state index in [0.29, 0.717) is 23.3 Å². The van der Waals surface area contributed by atoms with Gasteiger partial charge in [0, 0.05) is 33.4 Å². The molecular formula is C22H25Cl2NO3. The second-order valence-corrected chi connectivity index (χ2v) is 7.64. The average Bonchev–Trinajstić information content (AvgIpc) is 2.80. The average molecular weight is 422 g/mol. The van der Waals surface area contributed by atoms with Crippen LogP contribution in [0.5, 0.6) is 0 Å². The van der Waals surface area contributed by atoms with Crippen molar-refractivity contribution in [1.29, 1.82) is 0 Å². The zero-order valence-corrected chi connectivity index (χ0v) is 17.7. The largest absolute Gasteiger partial charge is 0.466 e. The predicted molar refractivity (Wildman–Crippen MR) is 113 cm³/mol. The van der Waals surface area contributed by atoms with Crippen molar-refractivity contribution in [1.82, 2.24) is 0 Å². The zero-order chi connectivity index (χ0) is 20.1. The third kappa shape index (κ3) is 4.62. The highest BCUT2D eigenvalue weighted by molar-refractivity contribution is 6.31. The number of halogens is 2. The van der Waals surface area contributed by atoms with Crippen molar-refractivity contribution in [2.75, 3.05) is 24.7 Å². The van der Waals surface area contributed by atoms with Gasteiger partial charge in [0.1, 0.15) is 6.10 Å². The number of benzene rings is 2. The van der Waals surface area contributed by atoms with Crippen LogP contribution in [0, 0.1) is 0 Å². The van der Waals surface area contributed by atoms with Gasteiger partial charge < -0.3 is 14.4 Å². The first kappa shape index (κ1) is 21.0. The lowest BCUT2D eigenvalue weighted by Gasteiger charge is -2.31. The van der Waals surface area contributed by atoms with Crippen LogP contribution < -0.4 is 4.90 Å². The van der Waals surface area contributed by atoms with E-state index < -0.39 is 0 Å². The first-order valence-electron chi connectivity index (χ1n) is 9.62. The number of anilines is 1. The third-order valence-corrected chi connectivity index (χ3v) is 5.42. The van der Waals surface area contributed by atoms with E-state index in [2.05, 4.69) is 11.8 Å². The number of ether oxygens (including phenoxy) is 2. The topological polar surface area (TPSA) is 38.8 Å². The number of fused-ring (bicyclic) bond motifs is 1. The molecule has 0 amide bonds. The van der Waals surface area contributed by atoms with Gasteiger partial charge in [0.2, 0.25) is 0 Å². The zero-order valence-electron chi connectivity index (χ0n) is 16.2. The van der Waals surface area contributed by atoms with Gasteiger partial charge in [0.25, 0.3) is 0 Å². The summed E-state index contributed by atoms with van der Waals surface area (Å²) in [5, 5.41) is 1.28. The van der Waals surface area contributed by atoms with Gasteiger partial charge in [-0.05, 0) is 37.6 Å². The van der Waals surface area contributed by atoms with Crippen LogP contribution in [0.3, 0.4) is 0 Å². The molecule has 0 fully saturated rings. The molecule has 2 atom stereocenters. The maximum Gasteiger partial charge on any atom is 0.307 e. The van der Waals surface area contributed by atoms with Gasteiger partial charge in [0.15, 0.2) is 0 Å². The number of rotatable bonds is 6. The molecule has 3 rings (SSSR count). The van der Waals surface area contributed by atoms with Gasteiger partial charge in [-0.2, -0.15) is 0 Å².